The van der Waals surface area contributed by atoms with Crippen LogP contribution >= 0.6 is 0 Å². The highest BCUT2D eigenvalue weighted by atomic mass is 19.4. The normalized spacial score (nSPS) is 12.9. The van der Waals surface area contributed by atoms with Gasteiger partial charge in [-0.3, -0.25) is 14.2 Å². The quantitative estimate of drug-likeness (QED) is 0.422. The zero-order valence-electron chi connectivity index (χ0n) is 19.5. The predicted molar refractivity (Wildman–Crippen MR) is 119 cm³/mol. The van der Waals surface area contributed by atoms with Gasteiger partial charge in [0.15, 0.2) is 11.6 Å². The number of nitrogens with one attached hydrogen (secondary N) is 1. The molecule has 8 nitrogen and oxygen atoms in total. The molecule has 0 bridgehead atoms. The lowest BCUT2D eigenvalue weighted by Gasteiger charge is -2.23. The number of nitrogens with zero attached hydrogens (tertiary/aromatic N) is 1. The number of carboxylic acids is 1. The molecular formula is C24H22F4N2O6. The molecule has 3 N–H and O–H groups in total. The van der Waals surface area contributed by atoms with Crippen molar-refractivity contribution in [2.45, 2.75) is 45.5 Å². The molecule has 0 spiro atoms. The third-order valence-electron chi connectivity index (χ3n) is 5.66. The van der Waals surface area contributed by atoms with Crippen molar-refractivity contribution in [3.63, 3.8) is 0 Å². The van der Waals surface area contributed by atoms with E-state index in [9.17, 15) is 42.2 Å². The lowest BCUT2D eigenvalue weighted by molar-refractivity contribution is -0.274. The first-order valence-electron chi connectivity index (χ1n) is 10.5. The number of carbonyl (C=O) groups is 3. The number of rotatable bonds is 6. The average molecular weight is 510 g/mol. The van der Waals surface area contributed by atoms with E-state index < -0.39 is 52.9 Å². The molecule has 0 fully saturated rings. The van der Waals surface area contributed by atoms with Gasteiger partial charge in [-0.15, -0.1) is 13.2 Å². The molecule has 0 radical (unpaired) electrons. The summed E-state index contributed by atoms with van der Waals surface area (Å²) in [5.74, 6) is -6.08. The fraction of sp³-hybridized carbons (Fsp3) is 0.292. The minimum atomic E-state index is -4.92. The Bertz CT molecular complexity index is 1360. The summed E-state index contributed by atoms with van der Waals surface area (Å²) >= 11 is 0. The fourth-order valence-corrected chi connectivity index (χ4v) is 3.79. The van der Waals surface area contributed by atoms with Gasteiger partial charge in [-0.05, 0) is 63.6 Å². The number of halogens is 4. The molecule has 0 saturated carbocycles. The van der Waals surface area contributed by atoms with Crippen LogP contribution in [0.4, 0.5) is 17.6 Å². The van der Waals surface area contributed by atoms with E-state index in [0.717, 1.165) is 41.0 Å². The summed E-state index contributed by atoms with van der Waals surface area (Å²) in [4.78, 5) is 37.7. The van der Waals surface area contributed by atoms with E-state index in [4.69, 9.17) is 0 Å². The van der Waals surface area contributed by atoms with Crippen LogP contribution in [0.5, 0.6) is 11.5 Å². The molecule has 0 saturated heterocycles. The van der Waals surface area contributed by atoms with Gasteiger partial charge in [-0.2, -0.15) is 0 Å². The molecule has 1 amide bonds. The minimum absolute atomic E-state index is 0.00411. The molecule has 1 aromatic heterocycles. The van der Waals surface area contributed by atoms with Crippen LogP contribution in [0.2, 0.25) is 0 Å². The third kappa shape index (κ3) is 5.11. The molecule has 3 rings (SSSR count). The van der Waals surface area contributed by atoms with Crippen LogP contribution in [-0.2, 0) is 9.59 Å². The maximum absolute atomic E-state index is 14.3. The zero-order valence-corrected chi connectivity index (χ0v) is 19.5. The van der Waals surface area contributed by atoms with Gasteiger partial charge >= 0.3 is 12.3 Å². The Labute approximate surface area is 202 Å². The van der Waals surface area contributed by atoms with Crippen LogP contribution in [0.25, 0.3) is 10.9 Å². The van der Waals surface area contributed by atoms with Crippen molar-refractivity contribution in [1.29, 1.82) is 0 Å². The summed E-state index contributed by atoms with van der Waals surface area (Å²) in [5, 5.41) is 21.8. The van der Waals surface area contributed by atoms with E-state index in [1.165, 1.54) is 27.7 Å². The highest BCUT2D eigenvalue weighted by Crippen LogP contribution is 2.36. The maximum Gasteiger partial charge on any atom is 0.573 e. The number of phenolic OH excluding ortho intramolecular Hbond substituents is 1. The number of fused-ring (bicyclic) bond motifs is 1. The van der Waals surface area contributed by atoms with Gasteiger partial charge in [0.1, 0.15) is 11.3 Å². The van der Waals surface area contributed by atoms with E-state index >= 15 is 0 Å². The van der Waals surface area contributed by atoms with E-state index in [-0.39, 0.29) is 27.7 Å². The predicted octanol–water partition coefficient (Wildman–Crippen LogP) is 4.46. The van der Waals surface area contributed by atoms with Gasteiger partial charge in [0.25, 0.3) is 5.91 Å². The van der Waals surface area contributed by atoms with Crippen LogP contribution in [-0.4, -0.2) is 44.5 Å². The van der Waals surface area contributed by atoms with Crippen molar-refractivity contribution in [2.24, 2.45) is 0 Å². The molecule has 1 atom stereocenters. The molecule has 2 aromatic carbocycles. The smallest absolute Gasteiger partial charge is 0.505 e. The van der Waals surface area contributed by atoms with Gasteiger partial charge in [-0.25, -0.2) is 9.18 Å². The molecule has 36 heavy (non-hydrogen) atoms. The van der Waals surface area contributed by atoms with E-state index in [1.54, 1.807) is 0 Å². The van der Waals surface area contributed by atoms with Gasteiger partial charge in [-0.1, -0.05) is 0 Å². The number of carbonyl (C=O) groups excluding carboxylic acids is 2. The van der Waals surface area contributed by atoms with Crippen molar-refractivity contribution in [2.75, 3.05) is 0 Å². The largest absolute Gasteiger partial charge is 0.573 e. The van der Waals surface area contributed by atoms with E-state index in [2.05, 4.69) is 10.1 Å². The molecule has 1 heterocycles. The Kier molecular flexibility index (Phi) is 6.75. The molecule has 3 aromatic rings. The van der Waals surface area contributed by atoms with Crippen molar-refractivity contribution >= 4 is 28.7 Å². The highest BCUT2D eigenvalue weighted by molar-refractivity contribution is 6.06. The molecule has 0 aliphatic rings. The number of aromatic nitrogens is 1. The second-order valence-electron chi connectivity index (χ2n) is 8.67. The Morgan fingerprint density at radius 1 is 1.08 bits per heavy atom. The molecule has 12 heteroatoms. The summed E-state index contributed by atoms with van der Waals surface area (Å²) < 4.78 is 56.5. The van der Waals surface area contributed by atoms with E-state index in [1.807, 2.05) is 0 Å². The van der Waals surface area contributed by atoms with Crippen molar-refractivity contribution in [3.05, 3.63) is 59.0 Å². The summed E-state index contributed by atoms with van der Waals surface area (Å²) in [6.45, 7) is 5.49. The van der Waals surface area contributed by atoms with Crippen molar-refractivity contribution in [1.82, 2.24) is 9.88 Å². The minimum Gasteiger partial charge on any atom is -0.505 e. The second-order valence-corrected chi connectivity index (χ2v) is 8.67. The summed E-state index contributed by atoms with van der Waals surface area (Å²) in [7, 11) is 0. The number of alkyl halides is 3. The first-order valence-corrected chi connectivity index (χ1v) is 10.5. The Hall–Kier alpha value is -4.09. The molecule has 0 aliphatic carbocycles. The Morgan fingerprint density at radius 3 is 2.19 bits per heavy atom. The highest BCUT2D eigenvalue weighted by Gasteiger charge is 2.34. The number of ether oxygens (including phenoxy) is 1. The van der Waals surface area contributed by atoms with Gasteiger partial charge < -0.3 is 20.3 Å². The number of phenols is 1. The molecule has 0 unspecified atom stereocenters. The maximum atomic E-state index is 14.3. The number of hydrogen-bond acceptors (Lipinski definition) is 5. The first-order chi connectivity index (χ1) is 16.5. The number of carboxylic acid groups (broad SMARTS) is 1. The summed E-state index contributed by atoms with van der Waals surface area (Å²) in [5.41, 5.74) is -1.26. The molecular weight excluding hydrogens is 488 g/mol. The van der Waals surface area contributed by atoms with Crippen molar-refractivity contribution in [3.8, 4) is 11.5 Å². The average Bonchev–Trinajstić information content (AvgIpc) is 3.02. The zero-order chi connectivity index (χ0) is 27.2. The van der Waals surface area contributed by atoms with Crippen LogP contribution in [0, 0.1) is 12.7 Å². The molecule has 0 aliphatic heterocycles. The topological polar surface area (TPSA) is 118 Å². The number of amides is 1. The van der Waals surface area contributed by atoms with Crippen LogP contribution in [0.3, 0.4) is 0 Å². The third-order valence-corrected chi connectivity index (χ3v) is 5.66. The Balaban J connectivity index is 2.11. The Morgan fingerprint density at radius 2 is 1.67 bits per heavy atom. The van der Waals surface area contributed by atoms with Crippen LogP contribution < -0.4 is 10.1 Å². The van der Waals surface area contributed by atoms with E-state index in [0.29, 0.717) is 0 Å². The van der Waals surface area contributed by atoms with Gasteiger partial charge in [0.05, 0.1) is 11.4 Å². The SMILES string of the molecule is Cc1c([C@@H](C)C(=O)NC(C)(C)C(=O)O)c2cc(O)c(F)cc2n1C(=O)c1ccc(OC(F)(F)F)cc1. The lowest BCUT2D eigenvalue weighted by Crippen LogP contribution is -2.50. The van der Waals surface area contributed by atoms with Crippen LogP contribution in [0.15, 0.2) is 36.4 Å². The van der Waals surface area contributed by atoms with Gasteiger partial charge in [0, 0.05) is 22.7 Å². The summed E-state index contributed by atoms with van der Waals surface area (Å²) in [6, 6.07) is 6.01. The van der Waals surface area contributed by atoms with Crippen LogP contribution in [0.1, 0.15) is 48.3 Å². The van der Waals surface area contributed by atoms with Gasteiger partial charge in [0.2, 0.25) is 5.91 Å². The monoisotopic (exact) mass is 510 g/mol. The second kappa shape index (κ2) is 9.17. The number of benzene rings is 2. The standard InChI is InChI=1S/C24H22F4N2O6/c1-11(20(32)29-23(3,4)22(34)35)19-12(2)30(17-10-16(25)18(31)9-15(17)19)21(33)13-5-7-14(8-6-13)36-24(26,27)28/h5-11,31H,1-4H3,(H,29,32)(H,34,35)/t11-/m1/s1. The fourth-order valence-electron chi connectivity index (χ4n) is 3.79. The number of aliphatic carboxylic acids is 1. The number of aromatic hydroxyl groups is 1. The summed E-state index contributed by atoms with van der Waals surface area (Å²) in [6.07, 6.45) is -4.92. The van der Waals surface area contributed by atoms with Crippen molar-refractivity contribution < 1.29 is 46.9 Å². The molecule has 192 valence electrons. The first kappa shape index (κ1) is 26.5. The number of hydrogen-bond donors (Lipinski definition) is 3. The lowest BCUT2D eigenvalue weighted by atomic mass is 9.95.